The molecule has 28 heavy (non-hydrogen) atoms. The van der Waals surface area contributed by atoms with Crippen molar-refractivity contribution < 1.29 is 27.8 Å². The quantitative estimate of drug-likeness (QED) is 0.697. The van der Waals surface area contributed by atoms with Crippen LogP contribution in [0.1, 0.15) is 23.6 Å². The average molecular weight is 470 g/mol. The molecule has 0 spiro atoms. The summed E-state index contributed by atoms with van der Waals surface area (Å²) in [5.74, 6) is -0.122. The number of carboxylic acids is 1. The highest BCUT2D eigenvalue weighted by Gasteiger charge is 2.38. The molecule has 1 aliphatic rings. The molecule has 0 bridgehead atoms. The van der Waals surface area contributed by atoms with Gasteiger partial charge < -0.3 is 14.6 Å². The molecule has 2 aromatic rings. The largest absolute Gasteiger partial charge is 0.493 e. The molecule has 1 N–H and O–H groups in total. The van der Waals surface area contributed by atoms with E-state index in [4.69, 9.17) is 9.47 Å². The number of aliphatic carboxylic acids is 1. The lowest BCUT2D eigenvalue weighted by Crippen LogP contribution is -2.41. The number of fused-ring (bicyclic) bond motifs is 1. The van der Waals surface area contributed by atoms with E-state index >= 15 is 0 Å². The first kappa shape index (κ1) is 20.6. The van der Waals surface area contributed by atoms with E-state index in [1.54, 1.807) is 24.3 Å². The molecule has 2 aromatic carbocycles. The number of carboxylic acid groups (broad SMARTS) is 1. The van der Waals surface area contributed by atoms with Gasteiger partial charge in [0.15, 0.2) is 11.5 Å². The lowest BCUT2D eigenvalue weighted by atomic mass is 9.92. The van der Waals surface area contributed by atoms with Crippen LogP contribution in [0.2, 0.25) is 0 Å². The number of benzene rings is 2. The molecule has 7 nitrogen and oxygen atoms in total. The Hall–Kier alpha value is -2.10. The van der Waals surface area contributed by atoms with Crippen molar-refractivity contribution in [3.05, 3.63) is 52.0 Å². The second-order valence-electron chi connectivity index (χ2n) is 6.34. The van der Waals surface area contributed by atoms with Crippen molar-refractivity contribution in [1.29, 1.82) is 0 Å². The van der Waals surface area contributed by atoms with E-state index < -0.39 is 22.0 Å². The molecular weight excluding hydrogens is 450 g/mol. The van der Waals surface area contributed by atoms with Crippen LogP contribution < -0.4 is 9.47 Å². The number of nitrogens with zero attached hydrogens (tertiary/aromatic N) is 1. The van der Waals surface area contributed by atoms with Crippen LogP contribution in [0.4, 0.5) is 0 Å². The second-order valence-corrected chi connectivity index (χ2v) is 9.15. The van der Waals surface area contributed by atoms with Gasteiger partial charge in [-0.3, -0.25) is 4.79 Å². The van der Waals surface area contributed by atoms with Crippen LogP contribution in [0.3, 0.4) is 0 Å². The number of rotatable bonds is 6. The van der Waals surface area contributed by atoms with Crippen molar-refractivity contribution in [2.24, 2.45) is 0 Å². The SMILES string of the molecule is COc1cc2c(cc1OC)C(CC(=O)O)N(S(=O)(=O)c1ccc(Br)cc1)CC2. The van der Waals surface area contributed by atoms with E-state index in [9.17, 15) is 18.3 Å². The molecule has 0 aliphatic carbocycles. The van der Waals surface area contributed by atoms with Crippen LogP contribution in [0.15, 0.2) is 45.8 Å². The van der Waals surface area contributed by atoms with Crippen molar-refractivity contribution in [2.45, 2.75) is 23.8 Å². The molecule has 1 aliphatic heterocycles. The third-order valence-electron chi connectivity index (χ3n) is 4.74. The summed E-state index contributed by atoms with van der Waals surface area (Å²) in [4.78, 5) is 11.6. The molecule has 1 unspecified atom stereocenters. The fraction of sp³-hybridized carbons (Fsp3) is 0.316. The van der Waals surface area contributed by atoms with Crippen LogP contribution in [0, 0.1) is 0 Å². The molecule has 150 valence electrons. The maximum absolute atomic E-state index is 13.2. The Balaban J connectivity index is 2.10. The predicted octanol–water partition coefficient (Wildman–Crippen LogP) is 3.23. The molecule has 9 heteroatoms. The van der Waals surface area contributed by atoms with Crippen LogP contribution in [0.5, 0.6) is 11.5 Å². The number of halogens is 1. The first-order valence-electron chi connectivity index (χ1n) is 8.52. The van der Waals surface area contributed by atoms with Gasteiger partial charge in [-0.05, 0) is 53.9 Å². The van der Waals surface area contributed by atoms with E-state index in [1.807, 2.05) is 0 Å². The molecule has 3 rings (SSSR count). The van der Waals surface area contributed by atoms with Gasteiger partial charge in [-0.1, -0.05) is 15.9 Å². The van der Waals surface area contributed by atoms with Gasteiger partial charge in [0, 0.05) is 11.0 Å². The minimum Gasteiger partial charge on any atom is -0.493 e. The lowest BCUT2D eigenvalue weighted by molar-refractivity contribution is -0.138. The third-order valence-corrected chi connectivity index (χ3v) is 7.19. The summed E-state index contributed by atoms with van der Waals surface area (Å²) in [6.45, 7) is 0.179. The Labute approximate surface area is 172 Å². The third kappa shape index (κ3) is 3.87. The van der Waals surface area contributed by atoms with Crippen LogP contribution in [0.25, 0.3) is 0 Å². The topological polar surface area (TPSA) is 93.1 Å². The number of methoxy groups -OCH3 is 2. The van der Waals surface area contributed by atoms with Gasteiger partial charge >= 0.3 is 5.97 Å². The zero-order valence-electron chi connectivity index (χ0n) is 15.4. The summed E-state index contributed by atoms with van der Waals surface area (Å²) in [6, 6.07) is 8.91. The Morgan fingerprint density at radius 2 is 1.79 bits per heavy atom. The van der Waals surface area contributed by atoms with Gasteiger partial charge in [-0.2, -0.15) is 4.31 Å². The lowest BCUT2D eigenvalue weighted by Gasteiger charge is -2.36. The Kier molecular flexibility index (Phi) is 5.97. The fourth-order valence-electron chi connectivity index (χ4n) is 3.41. The predicted molar refractivity (Wildman–Crippen MR) is 106 cm³/mol. The second kappa shape index (κ2) is 8.10. The molecule has 0 saturated heterocycles. The molecule has 0 saturated carbocycles. The highest BCUT2D eigenvalue weighted by atomic mass is 79.9. The molecule has 1 atom stereocenters. The maximum Gasteiger partial charge on any atom is 0.305 e. The highest BCUT2D eigenvalue weighted by molar-refractivity contribution is 9.10. The van der Waals surface area contributed by atoms with Crippen LogP contribution in [-0.4, -0.2) is 44.6 Å². The standard InChI is InChI=1S/C19H20BrNO6S/c1-26-17-9-12-7-8-21(28(24,25)14-5-3-13(20)4-6-14)16(11-19(22)23)15(12)10-18(17)27-2/h3-6,9-10,16H,7-8,11H2,1-2H3,(H,22,23). The van der Waals surface area contributed by atoms with Gasteiger partial charge in [-0.25, -0.2) is 8.42 Å². The van der Waals surface area contributed by atoms with Crippen LogP contribution in [-0.2, 0) is 21.2 Å². The number of hydrogen-bond acceptors (Lipinski definition) is 5. The van der Waals surface area contributed by atoms with Crippen molar-refractivity contribution in [1.82, 2.24) is 4.31 Å². The summed E-state index contributed by atoms with van der Waals surface area (Å²) in [7, 11) is -0.873. The minimum atomic E-state index is -3.87. The molecular formula is C19H20BrNO6S. The molecule has 0 aromatic heterocycles. The van der Waals surface area contributed by atoms with E-state index in [0.717, 1.165) is 10.0 Å². The van der Waals surface area contributed by atoms with E-state index in [1.165, 1.54) is 30.7 Å². The van der Waals surface area contributed by atoms with Gasteiger partial charge in [0.1, 0.15) is 0 Å². The maximum atomic E-state index is 13.2. The zero-order valence-corrected chi connectivity index (χ0v) is 17.8. The van der Waals surface area contributed by atoms with Gasteiger partial charge in [0.05, 0.1) is 31.6 Å². The summed E-state index contributed by atoms with van der Waals surface area (Å²) < 4.78 is 39.1. The number of ether oxygens (including phenoxy) is 2. The smallest absolute Gasteiger partial charge is 0.305 e. The van der Waals surface area contributed by atoms with Crippen molar-refractivity contribution in [3.8, 4) is 11.5 Å². The number of carbonyl (C=O) groups is 1. The highest BCUT2D eigenvalue weighted by Crippen LogP contribution is 2.41. The Bertz CT molecular complexity index is 990. The summed E-state index contributed by atoms with van der Waals surface area (Å²) in [5.41, 5.74) is 1.47. The van der Waals surface area contributed by atoms with Crippen molar-refractivity contribution >= 4 is 31.9 Å². The van der Waals surface area contributed by atoms with Crippen LogP contribution >= 0.6 is 15.9 Å². The molecule has 0 radical (unpaired) electrons. The Morgan fingerprint density at radius 1 is 1.18 bits per heavy atom. The van der Waals surface area contributed by atoms with Gasteiger partial charge in [-0.15, -0.1) is 0 Å². The molecule has 0 amide bonds. The normalized spacial score (nSPS) is 17.0. The molecule has 0 fully saturated rings. The summed E-state index contributed by atoms with van der Waals surface area (Å²) >= 11 is 3.29. The van der Waals surface area contributed by atoms with E-state index in [0.29, 0.717) is 23.5 Å². The monoisotopic (exact) mass is 469 g/mol. The van der Waals surface area contributed by atoms with Crippen molar-refractivity contribution in [2.75, 3.05) is 20.8 Å². The number of sulfonamides is 1. The first-order chi connectivity index (χ1) is 13.3. The Morgan fingerprint density at radius 3 is 2.36 bits per heavy atom. The van der Waals surface area contributed by atoms with E-state index in [2.05, 4.69) is 15.9 Å². The zero-order chi connectivity index (χ0) is 20.5. The number of hydrogen-bond donors (Lipinski definition) is 1. The molecule has 1 heterocycles. The van der Waals surface area contributed by atoms with Gasteiger partial charge in [0.25, 0.3) is 0 Å². The minimum absolute atomic E-state index is 0.120. The summed E-state index contributed by atoms with van der Waals surface area (Å²) in [5, 5.41) is 9.43. The van der Waals surface area contributed by atoms with Gasteiger partial charge in [0.2, 0.25) is 10.0 Å². The summed E-state index contributed by atoms with van der Waals surface area (Å²) in [6.07, 6.45) is 0.0970. The first-order valence-corrected chi connectivity index (χ1v) is 10.7. The van der Waals surface area contributed by atoms with Crippen molar-refractivity contribution in [3.63, 3.8) is 0 Å². The fourth-order valence-corrected chi connectivity index (χ4v) is 5.28. The van der Waals surface area contributed by atoms with E-state index in [-0.39, 0.29) is 17.9 Å². The average Bonchev–Trinajstić information content (AvgIpc) is 2.66.